The molecule has 0 spiro atoms. The first-order chi connectivity index (χ1) is 6.74. The van der Waals surface area contributed by atoms with Gasteiger partial charge in [0.05, 0.1) is 5.52 Å². The molecule has 0 unspecified atom stereocenters. The van der Waals surface area contributed by atoms with E-state index in [0.29, 0.717) is 10.9 Å². The van der Waals surface area contributed by atoms with Gasteiger partial charge >= 0.3 is 0 Å². The summed E-state index contributed by atoms with van der Waals surface area (Å²) in [5.41, 5.74) is 1.58. The molecule has 1 heterocycles. The predicted molar refractivity (Wildman–Crippen MR) is 51.2 cm³/mol. The van der Waals surface area contributed by atoms with Crippen LogP contribution in [0, 0.1) is 6.92 Å². The van der Waals surface area contributed by atoms with Crippen molar-refractivity contribution in [1.29, 1.82) is 0 Å². The van der Waals surface area contributed by atoms with Gasteiger partial charge in [-0.1, -0.05) is 17.3 Å². The van der Waals surface area contributed by atoms with Gasteiger partial charge in [-0.25, -0.2) is 0 Å². The average molecular weight is 190 g/mol. The quantitative estimate of drug-likeness (QED) is 0.375. The van der Waals surface area contributed by atoms with Crippen LogP contribution >= 0.6 is 0 Å². The molecule has 72 valence electrons. The highest BCUT2D eigenvalue weighted by Crippen LogP contribution is 2.12. The van der Waals surface area contributed by atoms with Crippen LogP contribution in [0.2, 0.25) is 0 Å². The first kappa shape index (κ1) is 8.62. The van der Waals surface area contributed by atoms with Gasteiger partial charge in [-0.3, -0.25) is 0 Å². The van der Waals surface area contributed by atoms with E-state index in [0.717, 1.165) is 15.7 Å². The van der Waals surface area contributed by atoms with Crippen molar-refractivity contribution in [1.82, 2.24) is 4.73 Å². The maximum atomic E-state index is 9.51. The van der Waals surface area contributed by atoms with E-state index in [1.54, 1.807) is 12.1 Å². The van der Waals surface area contributed by atoms with Crippen molar-refractivity contribution in [3.8, 4) is 0 Å². The molecule has 0 saturated carbocycles. The summed E-state index contributed by atoms with van der Waals surface area (Å²) in [5.74, 6) is 0. The van der Waals surface area contributed by atoms with E-state index in [4.69, 9.17) is 5.21 Å². The van der Waals surface area contributed by atoms with Gasteiger partial charge in [0, 0.05) is 11.6 Å². The molecule has 1 aromatic heterocycles. The molecule has 0 bridgehead atoms. The minimum Gasteiger partial charge on any atom is -0.428 e. The number of nitrogens with zero attached hydrogens (tertiary/aromatic N) is 2. The Balaban J connectivity index is 3.08. The van der Waals surface area contributed by atoms with Crippen molar-refractivity contribution in [2.45, 2.75) is 6.92 Å². The highest BCUT2D eigenvalue weighted by molar-refractivity contribution is 5.81. The van der Waals surface area contributed by atoms with Gasteiger partial charge in [0.25, 0.3) is 0 Å². The van der Waals surface area contributed by atoms with Gasteiger partial charge in [0.15, 0.2) is 0 Å². The van der Waals surface area contributed by atoms with Crippen LogP contribution in [0.5, 0.6) is 0 Å². The highest BCUT2D eigenvalue weighted by Gasteiger charge is 2.02. The number of hydrogen-bond acceptors (Lipinski definition) is 3. The van der Waals surface area contributed by atoms with Crippen molar-refractivity contribution < 1.29 is 10.4 Å². The maximum absolute atomic E-state index is 9.51. The van der Waals surface area contributed by atoms with Crippen molar-refractivity contribution >= 4 is 10.9 Å². The maximum Gasteiger partial charge on any atom is 0.113 e. The number of benzene rings is 1. The predicted octanol–water partition coefficient (Wildman–Crippen LogP) is 1.48. The van der Waals surface area contributed by atoms with Crippen LogP contribution in [0.15, 0.2) is 35.6 Å². The molecule has 0 aliphatic rings. The lowest BCUT2D eigenvalue weighted by atomic mass is 10.1. The first-order valence-corrected chi connectivity index (χ1v) is 4.22. The third kappa shape index (κ3) is 1.12. The smallest absolute Gasteiger partial charge is 0.113 e. The van der Waals surface area contributed by atoms with E-state index in [1.807, 2.05) is 19.1 Å². The van der Waals surface area contributed by atoms with E-state index in [9.17, 15) is 5.21 Å². The molecule has 0 radical (unpaired) electrons. The van der Waals surface area contributed by atoms with Gasteiger partial charge < -0.3 is 10.4 Å². The summed E-state index contributed by atoms with van der Waals surface area (Å²) in [4.78, 5) is 0. The normalized spacial score (nSPS) is 12.2. The van der Waals surface area contributed by atoms with E-state index in [2.05, 4.69) is 5.16 Å². The third-order valence-electron chi connectivity index (χ3n) is 2.24. The van der Waals surface area contributed by atoms with Crippen molar-refractivity contribution in [2.24, 2.45) is 5.16 Å². The van der Waals surface area contributed by atoms with Crippen LogP contribution in [0.3, 0.4) is 0 Å². The number of aromatic nitrogens is 1. The standard InChI is InChI=1S/C10H10N2O2/c1-7-3-2-4-9-10(7)8(11-13)5-6-12(9)14/h2-6,13-14H,1H3. The van der Waals surface area contributed by atoms with Gasteiger partial charge in [-0.05, 0) is 24.6 Å². The van der Waals surface area contributed by atoms with E-state index < -0.39 is 0 Å². The molecule has 0 fully saturated rings. The Morgan fingerprint density at radius 1 is 1.29 bits per heavy atom. The third-order valence-corrected chi connectivity index (χ3v) is 2.24. The van der Waals surface area contributed by atoms with Gasteiger partial charge in [-0.15, -0.1) is 0 Å². The Labute approximate surface area is 80.3 Å². The lowest BCUT2D eigenvalue weighted by molar-refractivity contribution is 0.197. The average Bonchev–Trinajstić information content (AvgIpc) is 2.20. The molecule has 0 saturated heterocycles. The summed E-state index contributed by atoms with van der Waals surface area (Å²) < 4.78 is 1.01. The summed E-state index contributed by atoms with van der Waals surface area (Å²) in [6.45, 7) is 1.90. The fourth-order valence-electron chi connectivity index (χ4n) is 1.56. The summed E-state index contributed by atoms with van der Waals surface area (Å²) in [7, 11) is 0. The number of aryl methyl sites for hydroxylation is 1. The summed E-state index contributed by atoms with van der Waals surface area (Å²) >= 11 is 0. The molecule has 0 aliphatic heterocycles. The van der Waals surface area contributed by atoms with Gasteiger partial charge in [0.2, 0.25) is 0 Å². The topological polar surface area (TPSA) is 57.8 Å². The molecule has 0 atom stereocenters. The zero-order valence-electron chi connectivity index (χ0n) is 7.68. The number of pyridine rings is 1. The van der Waals surface area contributed by atoms with E-state index in [1.165, 1.54) is 6.20 Å². The SMILES string of the molecule is Cc1cccc2c1c(=NO)ccn2O. The molecular formula is C10H10N2O2. The van der Waals surface area contributed by atoms with E-state index in [-0.39, 0.29) is 0 Å². The summed E-state index contributed by atoms with van der Waals surface area (Å²) in [6, 6.07) is 7.05. The second kappa shape index (κ2) is 3.06. The molecule has 2 rings (SSSR count). The minimum atomic E-state index is 0.461. The number of fused-ring (bicyclic) bond motifs is 1. The fourth-order valence-corrected chi connectivity index (χ4v) is 1.56. The molecule has 4 nitrogen and oxygen atoms in total. The molecule has 0 amide bonds. The van der Waals surface area contributed by atoms with Crippen LogP contribution in [-0.2, 0) is 0 Å². The largest absolute Gasteiger partial charge is 0.428 e. The van der Waals surface area contributed by atoms with Crippen LogP contribution in [0.4, 0.5) is 0 Å². The van der Waals surface area contributed by atoms with E-state index >= 15 is 0 Å². The Morgan fingerprint density at radius 2 is 2.07 bits per heavy atom. The number of hydrogen-bond donors (Lipinski definition) is 2. The van der Waals surface area contributed by atoms with Crippen LogP contribution in [-0.4, -0.2) is 15.1 Å². The molecule has 0 aliphatic carbocycles. The Kier molecular flexibility index (Phi) is 1.89. The van der Waals surface area contributed by atoms with Crippen LogP contribution in [0.1, 0.15) is 5.56 Å². The molecule has 2 aromatic rings. The number of rotatable bonds is 0. The Bertz CT molecular complexity index is 543. The highest BCUT2D eigenvalue weighted by atomic mass is 16.5. The first-order valence-electron chi connectivity index (χ1n) is 4.22. The summed E-state index contributed by atoms with van der Waals surface area (Å²) in [6.07, 6.45) is 1.44. The second-order valence-electron chi connectivity index (χ2n) is 3.11. The zero-order valence-corrected chi connectivity index (χ0v) is 7.68. The van der Waals surface area contributed by atoms with Crippen molar-refractivity contribution in [2.75, 3.05) is 0 Å². The fraction of sp³-hybridized carbons (Fsp3) is 0.100. The lowest BCUT2D eigenvalue weighted by Gasteiger charge is -2.05. The molecule has 4 heteroatoms. The monoisotopic (exact) mass is 190 g/mol. The molecule has 1 aromatic carbocycles. The molecular weight excluding hydrogens is 180 g/mol. The second-order valence-corrected chi connectivity index (χ2v) is 3.11. The Morgan fingerprint density at radius 3 is 2.79 bits per heavy atom. The Hall–Kier alpha value is -1.97. The van der Waals surface area contributed by atoms with Crippen LogP contribution in [0.25, 0.3) is 10.9 Å². The van der Waals surface area contributed by atoms with Gasteiger partial charge in [-0.2, -0.15) is 4.73 Å². The molecule has 14 heavy (non-hydrogen) atoms. The molecule has 2 N–H and O–H groups in total. The minimum absolute atomic E-state index is 0.461. The zero-order chi connectivity index (χ0) is 10.1. The van der Waals surface area contributed by atoms with Crippen molar-refractivity contribution in [3.05, 3.63) is 41.4 Å². The summed E-state index contributed by atoms with van der Waals surface area (Å²) in [5, 5.41) is 22.7. The van der Waals surface area contributed by atoms with Crippen molar-refractivity contribution in [3.63, 3.8) is 0 Å². The van der Waals surface area contributed by atoms with Crippen LogP contribution < -0.4 is 5.36 Å². The lowest BCUT2D eigenvalue weighted by Crippen LogP contribution is -2.08. The van der Waals surface area contributed by atoms with Gasteiger partial charge in [0.1, 0.15) is 5.36 Å².